The highest BCUT2D eigenvalue weighted by atomic mass is 19.4. The minimum atomic E-state index is -4.56. The number of benzene rings is 1. The van der Waals surface area contributed by atoms with E-state index in [0.29, 0.717) is 4.90 Å². The summed E-state index contributed by atoms with van der Waals surface area (Å²) in [5.74, 6) is -2.15. The van der Waals surface area contributed by atoms with E-state index in [2.05, 4.69) is 0 Å². The maximum absolute atomic E-state index is 13.0. The van der Waals surface area contributed by atoms with Crippen LogP contribution in [0.1, 0.15) is 23.5 Å². The number of nitrogens with zero attached hydrogens (tertiary/aromatic N) is 1. The Morgan fingerprint density at radius 1 is 1.19 bits per heavy atom. The molecule has 0 saturated carbocycles. The molecule has 1 aliphatic heterocycles. The van der Waals surface area contributed by atoms with E-state index in [1.165, 1.54) is 18.2 Å². The maximum Gasteiger partial charge on any atom is 0.416 e. The average Bonchev–Trinajstić information content (AvgIpc) is 2.83. The Labute approximate surface area is 117 Å². The van der Waals surface area contributed by atoms with E-state index in [-0.39, 0.29) is 18.5 Å². The maximum atomic E-state index is 13.0. The first-order valence-electron chi connectivity index (χ1n) is 6.10. The van der Waals surface area contributed by atoms with Crippen LogP contribution >= 0.6 is 0 Å². The molecule has 2 N–H and O–H groups in total. The molecule has 1 amide bonds. The molecule has 0 spiro atoms. The van der Waals surface area contributed by atoms with E-state index in [1.54, 1.807) is 0 Å². The lowest BCUT2D eigenvalue weighted by molar-refractivity contribution is -0.141. The fourth-order valence-corrected chi connectivity index (χ4v) is 2.62. The highest BCUT2D eigenvalue weighted by Crippen LogP contribution is 2.39. The predicted octanol–water partition coefficient (Wildman–Crippen LogP) is 2.63. The van der Waals surface area contributed by atoms with Gasteiger partial charge in [0.25, 0.3) is 0 Å². The Hall–Kier alpha value is -2.25. The van der Waals surface area contributed by atoms with Crippen molar-refractivity contribution in [2.45, 2.75) is 24.6 Å². The molecule has 1 aliphatic rings. The van der Waals surface area contributed by atoms with Crippen molar-refractivity contribution >= 4 is 12.1 Å². The summed E-state index contributed by atoms with van der Waals surface area (Å²) < 4.78 is 38.9. The van der Waals surface area contributed by atoms with Gasteiger partial charge in [0.05, 0.1) is 5.56 Å². The van der Waals surface area contributed by atoms with Crippen LogP contribution in [-0.4, -0.2) is 39.8 Å². The number of rotatable bonds is 2. The Kier molecular flexibility index (Phi) is 3.80. The molecule has 0 bridgehead atoms. The van der Waals surface area contributed by atoms with Crippen LogP contribution in [0.5, 0.6) is 0 Å². The van der Waals surface area contributed by atoms with Gasteiger partial charge >= 0.3 is 18.2 Å². The van der Waals surface area contributed by atoms with Crippen molar-refractivity contribution in [3.05, 3.63) is 35.4 Å². The minimum absolute atomic E-state index is 0.0694. The lowest BCUT2D eigenvalue weighted by Crippen LogP contribution is -2.39. The third kappa shape index (κ3) is 2.93. The molecule has 1 aromatic carbocycles. The van der Waals surface area contributed by atoms with Crippen molar-refractivity contribution in [1.82, 2.24) is 4.90 Å². The predicted molar refractivity (Wildman–Crippen MR) is 65.0 cm³/mol. The number of hydrogen-bond donors (Lipinski definition) is 2. The highest BCUT2D eigenvalue weighted by molar-refractivity contribution is 5.80. The fraction of sp³-hybridized carbons (Fsp3) is 0.385. The summed E-state index contributed by atoms with van der Waals surface area (Å²) in [7, 11) is 0. The monoisotopic (exact) mass is 303 g/mol. The number of amides is 1. The minimum Gasteiger partial charge on any atom is -0.480 e. The number of hydrogen-bond acceptors (Lipinski definition) is 2. The summed E-state index contributed by atoms with van der Waals surface area (Å²) in [4.78, 5) is 22.7. The molecule has 114 valence electrons. The quantitative estimate of drug-likeness (QED) is 0.880. The number of halogens is 3. The number of likely N-dealkylation sites (tertiary alicyclic amines) is 1. The van der Waals surface area contributed by atoms with E-state index >= 15 is 0 Å². The second-order valence-corrected chi connectivity index (χ2v) is 4.81. The number of aliphatic carboxylic acids is 1. The molecule has 1 heterocycles. The number of carboxylic acids is 1. The summed E-state index contributed by atoms with van der Waals surface area (Å²) in [6, 6.07) is 3.51. The largest absolute Gasteiger partial charge is 0.480 e. The topological polar surface area (TPSA) is 77.8 Å². The Bertz CT molecular complexity index is 551. The first-order chi connectivity index (χ1) is 9.71. The van der Waals surface area contributed by atoms with Crippen LogP contribution in [0.15, 0.2) is 24.3 Å². The zero-order chi connectivity index (χ0) is 15.8. The van der Waals surface area contributed by atoms with Crippen LogP contribution < -0.4 is 0 Å². The van der Waals surface area contributed by atoms with Crippen molar-refractivity contribution in [3.63, 3.8) is 0 Å². The zero-order valence-electron chi connectivity index (χ0n) is 10.7. The van der Waals surface area contributed by atoms with Gasteiger partial charge in [0.1, 0.15) is 6.04 Å². The smallest absolute Gasteiger partial charge is 0.416 e. The summed E-state index contributed by atoms with van der Waals surface area (Å²) in [6.07, 6.45) is -6.19. The van der Waals surface area contributed by atoms with Crippen LogP contribution in [0.2, 0.25) is 0 Å². The van der Waals surface area contributed by atoms with E-state index in [4.69, 9.17) is 10.2 Å². The zero-order valence-corrected chi connectivity index (χ0v) is 10.7. The van der Waals surface area contributed by atoms with E-state index < -0.39 is 35.8 Å². The molecule has 5 nitrogen and oxygen atoms in total. The van der Waals surface area contributed by atoms with Crippen LogP contribution in [0.4, 0.5) is 18.0 Å². The van der Waals surface area contributed by atoms with Crippen LogP contribution in [-0.2, 0) is 11.0 Å². The van der Waals surface area contributed by atoms with Gasteiger partial charge in [0.2, 0.25) is 0 Å². The third-order valence-electron chi connectivity index (χ3n) is 3.54. The first kappa shape index (κ1) is 15.1. The van der Waals surface area contributed by atoms with Gasteiger partial charge in [-0.05, 0) is 18.1 Å². The van der Waals surface area contributed by atoms with Crippen molar-refractivity contribution in [2.24, 2.45) is 0 Å². The van der Waals surface area contributed by atoms with Crippen LogP contribution in [0, 0.1) is 0 Å². The van der Waals surface area contributed by atoms with Gasteiger partial charge in [-0.1, -0.05) is 18.2 Å². The first-order valence-corrected chi connectivity index (χ1v) is 6.10. The highest BCUT2D eigenvalue weighted by Gasteiger charge is 2.43. The molecule has 2 atom stereocenters. The van der Waals surface area contributed by atoms with Gasteiger partial charge in [0.15, 0.2) is 0 Å². The van der Waals surface area contributed by atoms with Crippen molar-refractivity contribution in [2.75, 3.05) is 6.54 Å². The second-order valence-electron chi connectivity index (χ2n) is 4.81. The SMILES string of the molecule is O=C(O)[C@H]1CC(c2ccccc2C(F)(F)F)CN1C(=O)O. The molecule has 1 saturated heterocycles. The molecule has 2 rings (SSSR count). The van der Waals surface area contributed by atoms with Gasteiger partial charge in [-0.3, -0.25) is 4.90 Å². The molecule has 1 aromatic rings. The number of carboxylic acid groups (broad SMARTS) is 2. The number of carbonyl (C=O) groups is 2. The molecular weight excluding hydrogens is 291 g/mol. The van der Waals surface area contributed by atoms with Crippen molar-refractivity contribution in [1.29, 1.82) is 0 Å². The standard InChI is InChI=1S/C13H12F3NO4/c14-13(15,16)9-4-2-1-3-8(9)7-5-10(11(18)19)17(6-7)12(20)21/h1-4,7,10H,5-6H2,(H,18,19)(H,20,21)/t7?,10-/m1/s1. The normalized spacial score (nSPS) is 22.3. The van der Waals surface area contributed by atoms with Crippen molar-refractivity contribution in [3.8, 4) is 0 Å². The fourth-order valence-electron chi connectivity index (χ4n) is 2.62. The lowest BCUT2D eigenvalue weighted by Gasteiger charge is -2.18. The van der Waals surface area contributed by atoms with Crippen LogP contribution in [0.25, 0.3) is 0 Å². The number of alkyl halides is 3. The molecular formula is C13H12F3NO4. The van der Waals surface area contributed by atoms with E-state index in [9.17, 15) is 22.8 Å². The summed E-state index contributed by atoms with van der Waals surface area (Å²) >= 11 is 0. The average molecular weight is 303 g/mol. The van der Waals surface area contributed by atoms with Gasteiger partial charge in [-0.15, -0.1) is 0 Å². The molecule has 0 aromatic heterocycles. The van der Waals surface area contributed by atoms with Gasteiger partial charge < -0.3 is 10.2 Å². The Balaban J connectivity index is 2.37. The molecule has 8 heteroatoms. The summed E-state index contributed by atoms with van der Waals surface area (Å²) in [6.45, 7) is -0.264. The molecule has 0 radical (unpaired) electrons. The van der Waals surface area contributed by atoms with Gasteiger partial charge in [-0.25, -0.2) is 9.59 Å². The Morgan fingerprint density at radius 3 is 2.29 bits per heavy atom. The molecule has 21 heavy (non-hydrogen) atoms. The van der Waals surface area contributed by atoms with E-state index in [0.717, 1.165) is 6.07 Å². The third-order valence-corrected chi connectivity index (χ3v) is 3.54. The molecule has 1 unspecified atom stereocenters. The molecule has 0 aliphatic carbocycles. The van der Waals surface area contributed by atoms with Crippen molar-refractivity contribution < 1.29 is 33.0 Å². The van der Waals surface area contributed by atoms with Gasteiger partial charge in [0, 0.05) is 12.5 Å². The molecule has 1 fully saturated rings. The summed E-state index contributed by atoms with van der Waals surface area (Å²) in [5, 5.41) is 18.0. The lowest BCUT2D eigenvalue weighted by atomic mass is 9.92. The summed E-state index contributed by atoms with van der Waals surface area (Å²) in [5.41, 5.74) is -0.925. The van der Waals surface area contributed by atoms with Crippen LogP contribution in [0.3, 0.4) is 0 Å². The van der Waals surface area contributed by atoms with E-state index in [1.807, 2.05) is 0 Å². The van der Waals surface area contributed by atoms with Gasteiger partial charge in [-0.2, -0.15) is 13.2 Å². The Morgan fingerprint density at radius 2 is 1.81 bits per heavy atom. The second kappa shape index (κ2) is 5.27.